The Labute approximate surface area is 147 Å². The summed E-state index contributed by atoms with van der Waals surface area (Å²) in [6.45, 7) is 11.1. The van der Waals surface area contributed by atoms with Gasteiger partial charge >= 0.3 is 23.9 Å². The van der Waals surface area contributed by atoms with Crippen LogP contribution in [0.1, 0.15) is 46.5 Å². The molecule has 0 bridgehead atoms. The molecule has 8 heteroatoms. The van der Waals surface area contributed by atoms with E-state index in [4.69, 9.17) is 0 Å². The van der Waals surface area contributed by atoms with Crippen molar-refractivity contribution in [3.8, 4) is 0 Å². The van der Waals surface area contributed by atoms with E-state index in [0.717, 1.165) is 6.08 Å². The van der Waals surface area contributed by atoms with Crippen LogP contribution in [-0.4, -0.2) is 37.5 Å². The fourth-order valence-corrected chi connectivity index (χ4v) is 1.04. The number of hydrogen-bond acceptors (Lipinski definition) is 8. The molecule has 0 aliphatic rings. The number of carbonyl (C=O) groups excluding carboxylic acids is 4. The van der Waals surface area contributed by atoms with Crippen LogP contribution in [0.4, 0.5) is 0 Å². The lowest BCUT2D eigenvalue weighted by Gasteiger charge is -2.04. The number of rotatable bonds is 10. The van der Waals surface area contributed by atoms with Crippen molar-refractivity contribution in [2.24, 2.45) is 0 Å². The molecule has 0 fully saturated rings. The highest BCUT2D eigenvalue weighted by Gasteiger charge is 2.05. The summed E-state index contributed by atoms with van der Waals surface area (Å²) in [5.74, 6) is -1.88. The molecule has 0 unspecified atom stereocenters. The van der Waals surface area contributed by atoms with E-state index in [-0.39, 0.29) is 31.1 Å². The van der Waals surface area contributed by atoms with Gasteiger partial charge in [-0.05, 0) is 19.8 Å². The highest BCUT2D eigenvalue weighted by Crippen LogP contribution is 1.95. The van der Waals surface area contributed by atoms with Crippen LogP contribution in [0.3, 0.4) is 0 Å². The summed E-state index contributed by atoms with van der Waals surface area (Å²) >= 11 is 0. The Morgan fingerprint density at radius 3 is 1.64 bits per heavy atom. The molecular weight excluding hydrogens is 332 g/mol. The molecule has 142 valence electrons. The first kappa shape index (κ1) is 24.6. The van der Waals surface area contributed by atoms with Crippen molar-refractivity contribution in [2.45, 2.75) is 46.5 Å². The van der Waals surface area contributed by atoms with Crippen LogP contribution in [-0.2, 0) is 38.1 Å². The molecule has 0 amide bonds. The summed E-state index contributed by atoms with van der Waals surface area (Å²) in [4.78, 5) is 42.6. The van der Waals surface area contributed by atoms with Crippen LogP contribution >= 0.6 is 0 Å². The largest absolute Gasteiger partial charge is 0.428 e. The van der Waals surface area contributed by atoms with E-state index in [0.29, 0.717) is 25.7 Å². The van der Waals surface area contributed by atoms with E-state index in [1.165, 1.54) is 6.92 Å². The smallest absolute Gasteiger partial charge is 0.335 e. The average molecular weight is 358 g/mol. The monoisotopic (exact) mass is 358 g/mol. The summed E-state index contributed by atoms with van der Waals surface area (Å²) < 4.78 is 18.1. The van der Waals surface area contributed by atoms with Crippen molar-refractivity contribution < 1.29 is 38.1 Å². The second-order valence-corrected chi connectivity index (χ2v) is 4.65. The van der Waals surface area contributed by atoms with Crippen LogP contribution in [0.2, 0.25) is 0 Å². The van der Waals surface area contributed by atoms with Gasteiger partial charge in [-0.15, -0.1) is 0 Å². The maximum Gasteiger partial charge on any atom is 0.335 e. The van der Waals surface area contributed by atoms with E-state index >= 15 is 0 Å². The maximum atomic E-state index is 10.8. The Kier molecular flexibility index (Phi) is 16.0. The van der Waals surface area contributed by atoms with E-state index in [9.17, 15) is 19.2 Å². The van der Waals surface area contributed by atoms with Gasteiger partial charge in [0.25, 0.3) is 0 Å². The first-order valence-electron chi connectivity index (χ1n) is 7.71. The van der Waals surface area contributed by atoms with E-state index in [1.54, 1.807) is 0 Å². The summed E-state index contributed by atoms with van der Waals surface area (Å²) in [6.07, 6.45) is 3.12. The third-order valence-corrected chi connectivity index (χ3v) is 2.25. The molecule has 0 aliphatic heterocycles. The van der Waals surface area contributed by atoms with Crippen molar-refractivity contribution in [3.05, 3.63) is 24.8 Å². The van der Waals surface area contributed by atoms with Gasteiger partial charge in [0.15, 0.2) is 0 Å². The number of hydrogen-bond donors (Lipinski definition) is 0. The first-order valence-corrected chi connectivity index (χ1v) is 7.71. The summed E-state index contributed by atoms with van der Waals surface area (Å²) in [5.41, 5.74) is 0.284. The lowest BCUT2D eigenvalue weighted by molar-refractivity contribution is -0.166. The van der Waals surface area contributed by atoms with E-state index in [2.05, 4.69) is 32.1 Å². The highest BCUT2D eigenvalue weighted by molar-refractivity contribution is 5.86. The van der Waals surface area contributed by atoms with Crippen LogP contribution in [0.15, 0.2) is 24.8 Å². The lowest BCUT2D eigenvalue weighted by Crippen LogP contribution is -2.12. The minimum atomic E-state index is -0.598. The van der Waals surface area contributed by atoms with Gasteiger partial charge in [-0.2, -0.15) is 0 Å². The molecule has 0 spiro atoms. The minimum Gasteiger partial charge on any atom is -0.428 e. The van der Waals surface area contributed by atoms with Gasteiger partial charge in [-0.3, -0.25) is 9.59 Å². The fourth-order valence-electron chi connectivity index (χ4n) is 1.04. The Morgan fingerprint density at radius 2 is 1.28 bits per heavy atom. The maximum absolute atomic E-state index is 10.8. The quantitative estimate of drug-likeness (QED) is 0.333. The van der Waals surface area contributed by atoms with Crippen molar-refractivity contribution in [1.82, 2.24) is 0 Å². The van der Waals surface area contributed by atoms with Gasteiger partial charge in [-0.25, -0.2) is 9.59 Å². The molecule has 8 nitrogen and oxygen atoms in total. The molecule has 25 heavy (non-hydrogen) atoms. The molecule has 0 rings (SSSR count). The van der Waals surface area contributed by atoms with Gasteiger partial charge in [0.1, 0.15) is 0 Å². The van der Waals surface area contributed by atoms with Crippen LogP contribution in [0, 0.1) is 0 Å². The van der Waals surface area contributed by atoms with Gasteiger partial charge in [0.05, 0.1) is 0 Å². The first-order chi connectivity index (χ1) is 11.8. The fraction of sp³-hybridized carbons (Fsp3) is 0.529. The molecule has 0 heterocycles. The molecule has 0 aliphatic carbocycles. The van der Waals surface area contributed by atoms with Gasteiger partial charge in [0.2, 0.25) is 13.6 Å². The normalized spacial score (nSPS) is 8.92. The molecule has 0 N–H and O–H groups in total. The molecule has 0 aromatic carbocycles. The van der Waals surface area contributed by atoms with Gasteiger partial charge in [0, 0.05) is 24.5 Å². The third-order valence-electron chi connectivity index (χ3n) is 2.25. The predicted molar refractivity (Wildman–Crippen MR) is 88.9 cm³/mol. The van der Waals surface area contributed by atoms with Crippen LogP contribution in [0.25, 0.3) is 0 Å². The second kappa shape index (κ2) is 16.2. The van der Waals surface area contributed by atoms with Crippen molar-refractivity contribution in [2.75, 3.05) is 13.6 Å². The van der Waals surface area contributed by atoms with Crippen molar-refractivity contribution in [1.29, 1.82) is 0 Å². The van der Waals surface area contributed by atoms with Gasteiger partial charge < -0.3 is 18.9 Å². The van der Waals surface area contributed by atoms with Crippen LogP contribution < -0.4 is 0 Å². The highest BCUT2D eigenvalue weighted by atomic mass is 16.7. The molecule has 0 saturated carbocycles. The van der Waals surface area contributed by atoms with E-state index in [1.807, 2.05) is 13.8 Å². The summed E-state index contributed by atoms with van der Waals surface area (Å²) in [5, 5.41) is 0. The van der Waals surface area contributed by atoms with Crippen molar-refractivity contribution >= 4 is 23.9 Å². The standard InChI is InChI=1S/C9H14O4.C8H12O4/c1-4-5-8(10)12-6-13-9(11)7(2)3;1-3-5-8(10)12-6-11-7(9)4-2/h2,4-6H2,1,3H3;4H,2-3,5-6H2,1H3. The number of esters is 4. The Morgan fingerprint density at radius 1 is 0.840 bits per heavy atom. The molecule has 0 aromatic rings. The molecule has 0 aromatic heterocycles. The lowest BCUT2D eigenvalue weighted by atomic mass is 10.3. The SMILES string of the molecule is C=C(C)C(=O)OCOC(=O)CCC.C=CC(=O)OCOC(=O)CCC. The third kappa shape index (κ3) is 17.5. The summed E-state index contributed by atoms with van der Waals surface area (Å²) in [6, 6.07) is 0. The molecule has 0 atom stereocenters. The zero-order chi connectivity index (χ0) is 19.7. The average Bonchev–Trinajstić information content (AvgIpc) is 2.55. The number of carbonyl (C=O) groups is 4. The minimum absolute atomic E-state index is 0.284. The Hall–Kier alpha value is -2.64. The topological polar surface area (TPSA) is 105 Å². The summed E-state index contributed by atoms with van der Waals surface area (Å²) in [7, 11) is 0. The Bertz CT molecular complexity index is 467. The Balaban J connectivity index is 0. The molecular formula is C17H26O8. The second-order valence-electron chi connectivity index (χ2n) is 4.65. The molecule has 0 saturated heterocycles. The zero-order valence-corrected chi connectivity index (χ0v) is 15.0. The molecule has 0 radical (unpaired) electrons. The zero-order valence-electron chi connectivity index (χ0n) is 15.0. The van der Waals surface area contributed by atoms with Gasteiger partial charge in [-0.1, -0.05) is 27.0 Å². The number of ether oxygens (including phenoxy) is 4. The predicted octanol–water partition coefficient (Wildman–Crippen LogP) is 2.42. The van der Waals surface area contributed by atoms with Crippen LogP contribution in [0.5, 0.6) is 0 Å². The van der Waals surface area contributed by atoms with E-state index < -0.39 is 11.9 Å². The van der Waals surface area contributed by atoms with Crippen molar-refractivity contribution in [3.63, 3.8) is 0 Å².